The quantitative estimate of drug-likeness (QED) is 0.786. The van der Waals surface area contributed by atoms with Crippen LogP contribution in [0.4, 0.5) is 0 Å². The number of aliphatic hydroxyl groups is 1. The number of para-hydroxylation sites is 1. The number of benzene rings is 1. The Bertz CT molecular complexity index is 327. The number of hydrogen-bond donors (Lipinski definition) is 2. The van der Waals surface area contributed by atoms with E-state index in [0.717, 1.165) is 18.7 Å². The van der Waals surface area contributed by atoms with Crippen LogP contribution in [-0.4, -0.2) is 25.4 Å². The number of aliphatic hydroxyl groups excluding tert-OH is 1. The molecule has 82 valence electrons. The second-order valence-electron chi connectivity index (χ2n) is 3.99. The summed E-state index contributed by atoms with van der Waals surface area (Å²) in [6, 6.07) is 8.37. The van der Waals surface area contributed by atoms with Crippen LogP contribution in [0, 0.1) is 5.92 Å². The van der Waals surface area contributed by atoms with Gasteiger partial charge in [-0.05, 0) is 18.4 Å². The lowest BCUT2D eigenvalue weighted by atomic mass is 10.00. The average Bonchev–Trinajstić information content (AvgIpc) is 2.77. The molecule has 2 atom stereocenters. The van der Waals surface area contributed by atoms with Gasteiger partial charge in [0.1, 0.15) is 5.75 Å². The maximum absolute atomic E-state index is 9.09. The molecule has 1 saturated heterocycles. The van der Waals surface area contributed by atoms with Crippen LogP contribution in [0.1, 0.15) is 18.0 Å². The molecule has 1 fully saturated rings. The van der Waals surface area contributed by atoms with Gasteiger partial charge in [-0.1, -0.05) is 18.2 Å². The van der Waals surface area contributed by atoms with Gasteiger partial charge in [-0.3, -0.25) is 0 Å². The van der Waals surface area contributed by atoms with Crippen molar-refractivity contribution in [2.24, 2.45) is 5.92 Å². The van der Waals surface area contributed by atoms with Crippen LogP contribution >= 0.6 is 0 Å². The topological polar surface area (TPSA) is 41.5 Å². The fourth-order valence-corrected chi connectivity index (χ4v) is 2.14. The zero-order valence-corrected chi connectivity index (χ0v) is 8.94. The predicted molar refractivity (Wildman–Crippen MR) is 58.9 cm³/mol. The van der Waals surface area contributed by atoms with Crippen molar-refractivity contribution in [2.75, 3.05) is 20.3 Å². The van der Waals surface area contributed by atoms with Crippen molar-refractivity contribution in [1.82, 2.24) is 5.32 Å². The lowest BCUT2D eigenvalue weighted by Gasteiger charge is -2.14. The minimum Gasteiger partial charge on any atom is -0.496 e. The molecule has 0 radical (unpaired) electrons. The summed E-state index contributed by atoms with van der Waals surface area (Å²) in [7, 11) is 1.69. The van der Waals surface area contributed by atoms with Crippen molar-refractivity contribution >= 4 is 0 Å². The summed E-state index contributed by atoms with van der Waals surface area (Å²) >= 11 is 0. The number of nitrogens with one attached hydrogen (secondary N) is 1. The van der Waals surface area contributed by atoms with Gasteiger partial charge in [-0.25, -0.2) is 0 Å². The number of hydrogen-bond acceptors (Lipinski definition) is 3. The van der Waals surface area contributed by atoms with Gasteiger partial charge in [0.15, 0.2) is 0 Å². The van der Waals surface area contributed by atoms with Crippen LogP contribution < -0.4 is 10.1 Å². The largest absolute Gasteiger partial charge is 0.496 e. The molecular formula is C12H17NO2. The number of methoxy groups -OCH3 is 1. The van der Waals surface area contributed by atoms with Crippen LogP contribution in [-0.2, 0) is 0 Å². The van der Waals surface area contributed by atoms with Gasteiger partial charge in [0.2, 0.25) is 0 Å². The fourth-order valence-electron chi connectivity index (χ4n) is 2.14. The highest BCUT2D eigenvalue weighted by Crippen LogP contribution is 2.32. The highest BCUT2D eigenvalue weighted by Gasteiger charge is 2.26. The molecule has 1 aliphatic rings. The second kappa shape index (κ2) is 4.64. The van der Waals surface area contributed by atoms with E-state index < -0.39 is 0 Å². The molecule has 15 heavy (non-hydrogen) atoms. The summed E-state index contributed by atoms with van der Waals surface area (Å²) in [4.78, 5) is 0. The van der Waals surface area contributed by atoms with E-state index in [1.807, 2.05) is 18.2 Å². The van der Waals surface area contributed by atoms with E-state index >= 15 is 0 Å². The van der Waals surface area contributed by atoms with Gasteiger partial charge in [-0.2, -0.15) is 0 Å². The highest BCUT2D eigenvalue weighted by molar-refractivity contribution is 5.36. The van der Waals surface area contributed by atoms with Crippen molar-refractivity contribution in [1.29, 1.82) is 0 Å². The Morgan fingerprint density at radius 3 is 2.93 bits per heavy atom. The van der Waals surface area contributed by atoms with Crippen LogP contribution in [0.25, 0.3) is 0 Å². The average molecular weight is 207 g/mol. The molecule has 2 rings (SSSR count). The van der Waals surface area contributed by atoms with Crippen molar-refractivity contribution in [3.8, 4) is 5.75 Å². The highest BCUT2D eigenvalue weighted by atomic mass is 16.5. The Kier molecular flexibility index (Phi) is 3.23. The molecule has 0 aliphatic carbocycles. The van der Waals surface area contributed by atoms with Crippen LogP contribution in [0.15, 0.2) is 24.3 Å². The van der Waals surface area contributed by atoms with Gasteiger partial charge in [0.05, 0.1) is 7.11 Å². The van der Waals surface area contributed by atoms with Gasteiger partial charge < -0.3 is 15.2 Å². The van der Waals surface area contributed by atoms with Crippen molar-refractivity contribution in [3.63, 3.8) is 0 Å². The molecule has 1 aliphatic heterocycles. The molecule has 3 nitrogen and oxygen atoms in total. The monoisotopic (exact) mass is 207 g/mol. The number of rotatable bonds is 3. The van der Waals surface area contributed by atoms with E-state index in [1.54, 1.807) is 7.11 Å². The lowest BCUT2D eigenvalue weighted by Crippen LogP contribution is -2.15. The summed E-state index contributed by atoms with van der Waals surface area (Å²) < 4.78 is 5.32. The van der Waals surface area contributed by atoms with Crippen LogP contribution in [0.5, 0.6) is 5.75 Å². The molecule has 0 bridgehead atoms. The van der Waals surface area contributed by atoms with Crippen LogP contribution in [0.2, 0.25) is 0 Å². The third-order valence-corrected chi connectivity index (χ3v) is 2.99. The first-order valence-electron chi connectivity index (χ1n) is 5.32. The van der Waals surface area contributed by atoms with E-state index in [0.29, 0.717) is 12.0 Å². The first-order valence-corrected chi connectivity index (χ1v) is 5.32. The minimum atomic E-state index is 0.263. The Balaban J connectivity index is 2.16. The standard InChI is InChI=1S/C12H17NO2/c1-15-12-5-3-2-4-10(12)11-6-9(8-14)7-13-11/h2-5,9,11,13-14H,6-8H2,1H3/t9-,11-/m1/s1. The fraction of sp³-hybridized carbons (Fsp3) is 0.500. The molecule has 0 amide bonds. The van der Waals surface area contributed by atoms with Crippen LogP contribution in [0.3, 0.4) is 0 Å². The molecule has 0 saturated carbocycles. The lowest BCUT2D eigenvalue weighted by molar-refractivity contribution is 0.235. The summed E-state index contributed by atoms with van der Waals surface area (Å²) in [5.74, 6) is 1.30. The Morgan fingerprint density at radius 2 is 2.27 bits per heavy atom. The number of ether oxygens (including phenoxy) is 1. The summed E-state index contributed by atoms with van der Waals surface area (Å²) in [6.45, 7) is 1.15. The van der Waals surface area contributed by atoms with E-state index in [4.69, 9.17) is 9.84 Å². The Labute approximate surface area is 90.1 Å². The normalized spacial score (nSPS) is 25.5. The van der Waals surface area contributed by atoms with Crippen molar-refractivity contribution < 1.29 is 9.84 Å². The van der Waals surface area contributed by atoms with Gasteiger partial charge in [0, 0.05) is 24.8 Å². The van der Waals surface area contributed by atoms with Gasteiger partial charge >= 0.3 is 0 Å². The van der Waals surface area contributed by atoms with Gasteiger partial charge in [-0.15, -0.1) is 0 Å². The maximum Gasteiger partial charge on any atom is 0.123 e. The first kappa shape index (κ1) is 10.5. The molecule has 2 N–H and O–H groups in total. The maximum atomic E-state index is 9.09. The van der Waals surface area contributed by atoms with E-state index in [1.165, 1.54) is 5.56 Å². The Hall–Kier alpha value is -1.06. The van der Waals surface area contributed by atoms with Crippen molar-refractivity contribution in [2.45, 2.75) is 12.5 Å². The summed E-state index contributed by atoms with van der Waals surface area (Å²) in [6.07, 6.45) is 0.983. The molecule has 1 aromatic carbocycles. The smallest absolute Gasteiger partial charge is 0.123 e. The van der Waals surface area contributed by atoms with E-state index in [9.17, 15) is 0 Å². The molecule has 1 aromatic rings. The SMILES string of the molecule is COc1ccccc1[C@H]1C[C@@H](CO)CN1. The molecule has 0 spiro atoms. The summed E-state index contributed by atoms with van der Waals surface area (Å²) in [5.41, 5.74) is 1.19. The minimum absolute atomic E-state index is 0.263. The molecular weight excluding hydrogens is 190 g/mol. The summed E-state index contributed by atoms with van der Waals surface area (Å²) in [5, 5.41) is 12.5. The predicted octanol–water partition coefficient (Wildman–Crippen LogP) is 1.34. The van der Waals surface area contributed by atoms with Crippen molar-refractivity contribution in [3.05, 3.63) is 29.8 Å². The molecule has 0 unspecified atom stereocenters. The van der Waals surface area contributed by atoms with E-state index in [-0.39, 0.29) is 6.61 Å². The molecule has 3 heteroatoms. The third kappa shape index (κ3) is 2.13. The zero-order chi connectivity index (χ0) is 10.7. The first-order chi connectivity index (χ1) is 7.35. The zero-order valence-electron chi connectivity index (χ0n) is 8.94. The van der Waals surface area contributed by atoms with E-state index in [2.05, 4.69) is 11.4 Å². The third-order valence-electron chi connectivity index (χ3n) is 2.99. The van der Waals surface area contributed by atoms with Gasteiger partial charge in [0.25, 0.3) is 0 Å². The Morgan fingerprint density at radius 1 is 1.47 bits per heavy atom. The second-order valence-corrected chi connectivity index (χ2v) is 3.99. The molecule has 1 heterocycles. The molecule has 0 aromatic heterocycles.